The summed E-state index contributed by atoms with van der Waals surface area (Å²) >= 11 is 0. The van der Waals surface area contributed by atoms with Gasteiger partial charge in [0, 0.05) is 24.0 Å². The van der Waals surface area contributed by atoms with E-state index in [0.29, 0.717) is 11.3 Å². The second kappa shape index (κ2) is 8.01. The number of nitrogens with zero attached hydrogens (tertiary/aromatic N) is 4. The largest absolute Gasteiger partial charge is 0.436 e. The number of benzene rings is 2. The van der Waals surface area contributed by atoms with Gasteiger partial charge in [-0.25, -0.2) is 13.8 Å². The Morgan fingerprint density at radius 1 is 0.967 bits per heavy atom. The van der Waals surface area contributed by atoms with Crippen LogP contribution < -0.4 is 9.47 Å². The summed E-state index contributed by atoms with van der Waals surface area (Å²) in [5.41, 5.74) is 0.783. The zero-order valence-corrected chi connectivity index (χ0v) is 15.7. The molecule has 0 aliphatic heterocycles. The van der Waals surface area contributed by atoms with Gasteiger partial charge >= 0.3 is 0 Å². The van der Waals surface area contributed by atoms with Crippen LogP contribution >= 0.6 is 0 Å². The number of hydrogen-bond donors (Lipinski definition) is 0. The molecule has 6 nitrogen and oxygen atoms in total. The molecule has 4 aromatic rings. The Morgan fingerprint density at radius 2 is 1.63 bits per heavy atom. The van der Waals surface area contributed by atoms with Gasteiger partial charge in [-0.3, -0.25) is 0 Å². The second-order valence-electron chi connectivity index (χ2n) is 6.29. The number of hydrogen-bond acceptors (Lipinski definition) is 5. The molecule has 0 N–H and O–H groups in total. The fourth-order valence-electron chi connectivity index (χ4n) is 2.71. The lowest BCUT2D eigenvalue weighted by Crippen LogP contribution is -2.02. The maximum Gasteiger partial charge on any atom is 0.259 e. The highest BCUT2D eigenvalue weighted by Crippen LogP contribution is 2.33. The van der Waals surface area contributed by atoms with E-state index in [2.05, 4.69) is 9.97 Å². The summed E-state index contributed by atoms with van der Waals surface area (Å²) in [5, 5.41) is 8.99. The standard InChI is InChI=1S/C22H14F2N4O2/c1-14-19(23)21(29-17-6-2-4-15(10-17)12-25)27-22(20(14)24)30-18-7-3-5-16(11-18)28-9-8-26-13-28/h2-11,13H,1H3. The Kier molecular flexibility index (Phi) is 5.09. The number of rotatable bonds is 5. The van der Waals surface area contributed by atoms with E-state index in [0.717, 1.165) is 5.69 Å². The molecule has 30 heavy (non-hydrogen) atoms. The van der Waals surface area contributed by atoms with Crippen LogP contribution in [0.4, 0.5) is 8.78 Å². The van der Waals surface area contributed by atoms with Crippen molar-refractivity contribution in [3.63, 3.8) is 0 Å². The molecule has 148 valence electrons. The molecule has 0 atom stereocenters. The van der Waals surface area contributed by atoms with Gasteiger partial charge in [-0.05, 0) is 37.3 Å². The van der Waals surface area contributed by atoms with Crippen LogP contribution in [0.15, 0.2) is 67.3 Å². The summed E-state index contributed by atoms with van der Waals surface area (Å²) in [7, 11) is 0. The molecule has 0 radical (unpaired) electrons. The van der Waals surface area contributed by atoms with Crippen molar-refractivity contribution in [3.05, 3.63) is 90.0 Å². The normalized spacial score (nSPS) is 10.5. The summed E-state index contributed by atoms with van der Waals surface area (Å²) in [5.74, 6) is -2.27. The summed E-state index contributed by atoms with van der Waals surface area (Å²) in [6.45, 7) is 1.26. The van der Waals surface area contributed by atoms with E-state index in [-0.39, 0.29) is 11.3 Å². The topological polar surface area (TPSA) is 73.0 Å². The van der Waals surface area contributed by atoms with Gasteiger partial charge in [-0.15, -0.1) is 0 Å². The van der Waals surface area contributed by atoms with E-state index in [9.17, 15) is 8.78 Å². The number of imidazole rings is 1. The molecule has 2 aromatic carbocycles. The molecule has 4 rings (SSSR count). The monoisotopic (exact) mass is 404 g/mol. The SMILES string of the molecule is Cc1c(F)c(Oc2cccc(C#N)c2)nc(Oc2cccc(-n3ccnc3)c2)c1F. The summed E-state index contributed by atoms with van der Waals surface area (Å²) in [4.78, 5) is 7.86. The van der Waals surface area contributed by atoms with Gasteiger partial charge in [0.25, 0.3) is 11.8 Å². The van der Waals surface area contributed by atoms with E-state index >= 15 is 0 Å². The molecule has 0 fully saturated rings. The van der Waals surface area contributed by atoms with Crippen molar-refractivity contribution in [2.45, 2.75) is 6.92 Å². The van der Waals surface area contributed by atoms with E-state index in [4.69, 9.17) is 14.7 Å². The quantitative estimate of drug-likeness (QED) is 0.451. The Labute approximate surface area is 170 Å². The van der Waals surface area contributed by atoms with E-state index in [1.165, 1.54) is 19.1 Å². The Morgan fingerprint density at radius 3 is 2.27 bits per heavy atom. The van der Waals surface area contributed by atoms with E-state index < -0.39 is 23.4 Å². The molecule has 0 bridgehead atoms. The van der Waals surface area contributed by atoms with E-state index in [1.807, 2.05) is 12.1 Å². The highest BCUT2D eigenvalue weighted by Gasteiger charge is 2.21. The average molecular weight is 404 g/mol. The molecular formula is C22H14F2N4O2. The van der Waals surface area contributed by atoms with Crippen LogP contribution in [0.2, 0.25) is 0 Å². The molecule has 0 amide bonds. The maximum absolute atomic E-state index is 14.6. The van der Waals surface area contributed by atoms with Crippen molar-refractivity contribution >= 4 is 0 Å². The first-order valence-corrected chi connectivity index (χ1v) is 8.85. The van der Waals surface area contributed by atoms with Crippen molar-refractivity contribution < 1.29 is 18.3 Å². The van der Waals surface area contributed by atoms with Crippen LogP contribution in [-0.2, 0) is 0 Å². The first kappa shape index (κ1) is 19.1. The first-order chi connectivity index (χ1) is 14.5. The third-order valence-electron chi connectivity index (χ3n) is 4.25. The zero-order chi connectivity index (χ0) is 21.1. The Bertz CT molecular complexity index is 1250. The maximum atomic E-state index is 14.6. The van der Waals surface area contributed by atoms with Gasteiger partial charge in [0.1, 0.15) is 11.5 Å². The van der Waals surface area contributed by atoms with Crippen molar-refractivity contribution in [1.29, 1.82) is 5.26 Å². The van der Waals surface area contributed by atoms with Crippen molar-refractivity contribution in [2.75, 3.05) is 0 Å². The number of halogens is 2. The summed E-state index contributed by atoms with van der Waals surface area (Å²) < 4.78 is 42.0. The van der Waals surface area contributed by atoms with Crippen molar-refractivity contribution in [2.24, 2.45) is 0 Å². The number of ether oxygens (including phenoxy) is 2. The van der Waals surface area contributed by atoms with Crippen LogP contribution in [0.5, 0.6) is 23.3 Å². The molecular weight excluding hydrogens is 390 g/mol. The first-order valence-electron chi connectivity index (χ1n) is 8.85. The highest BCUT2D eigenvalue weighted by atomic mass is 19.1. The van der Waals surface area contributed by atoms with Crippen LogP contribution in [0.25, 0.3) is 5.69 Å². The molecule has 8 heteroatoms. The minimum absolute atomic E-state index is 0.194. The Hall–Kier alpha value is -4.25. The smallest absolute Gasteiger partial charge is 0.259 e. The van der Waals surface area contributed by atoms with Gasteiger partial charge in [0.2, 0.25) is 0 Å². The molecule has 0 saturated heterocycles. The van der Waals surface area contributed by atoms with Crippen molar-refractivity contribution in [3.8, 4) is 35.0 Å². The molecule has 0 unspecified atom stereocenters. The third-order valence-corrected chi connectivity index (χ3v) is 4.25. The number of nitriles is 1. The molecule has 0 aliphatic rings. The fraction of sp³-hybridized carbons (Fsp3) is 0.0455. The molecule has 0 spiro atoms. The fourth-order valence-corrected chi connectivity index (χ4v) is 2.71. The molecule has 0 saturated carbocycles. The average Bonchev–Trinajstić information content (AvgIpc) is 3.31. The summed E-state index contributed by atoms with van der Waals surface area (Å²) in [6, 6.07) is 14.9. The summed E-state index contributed by atoms with van der Waals surface area (Å²) in [6.07, 6.45) is 4.99. The van der Waals surface area contributed by atoms with Crippen LogP contribution in [0, 0.1) is 29.9 Å². The second-order valence-corrected chi connectivity index (χ2v) is 6.29. The predicted octanol–water partition coefficient (Wildman–Crippen LogP) is 5.31. The molecule has 2 aromatic heterocycles. The van der Waals surface area contributed by atoms with Crippen molar-refractivity contribution in [1.82, 2.24) is 14.5 Å². The van der Waals surface area contributed by atoms with Crippen LogP contribution in [-0.4, -0.2) is 14.5 Å². The van der Waals surface area contributed by atoms with Crippen LogP contribution in [0.1, 0.15) is 11.1 Å². The zero-order valence-electron chi connectivity index (χ0n) is 15.7. The van der Waals surface area contributed by atoms with Gasteiger partial charge in [-0.1, -0.05) is 12.1 Å². The van der Waals surface area contributed by atoms with Gasteiger partial charge in [0.05, 0.1) is 23.6 Å². The lowest BCUT2D eigenvalue weighted by atomic mass is 10.2. The van der Waals surface area contributed by atoms with Gasteiger partial charge < -0.3 is 14.0 Å². The van der Waals surface area contributed by atoms with E-state index in [1.54, 1.807) is 53.6 Å². The lowest BCUT2D eigenvalue weighted by Gasteiger charge is -2.13. The minimum Gasteiger partial charge on any atom is -0.436 e. The molecule has 0 aliphatic carbocycles. The predicted molar refractivity (Wildman–Crippen MR) is 104 cm³/mol. The van der Waals surface area contributed by atoms with Gasteiger partial charge in [-0.2, -0.15) is 10.2 Å². The highest BCUT2D eigenvalue weighted by molar-refractivity contribution is 5.43. The number of aromatic nitrogens is 3. The van der Waals surface area contributed by atoms with Gasteiger partial charge in [0.15, 0.2) is 11.6 Å². The lowest BCUT2D eigenvalue weighted by molar-refractivity contribution is 0.373. The third kappa shape index (κ3) is 3.82. The van der Waals surface area contributed by atoms with Crippen LogP contribution in [0.3, 0.4) is 0 Å². The number of pyridine rings is 1. The molecule has 2 heterocycles. The Balaban J connectivity index is 1.67. The minimum atomic E-state index is -0.950.